The summed E-state index contributed by atoms with van der Waals surface area (Å²) < 4.78 is 13.3. The van der Waals surface area contributed by atoms with E-state index < -0.39 is 0 Å². The van der Waals surface area contributed by atoms with E-state index in [0.717, 1.165) is 37.3 Å². The number of nitrogens with two attached hydrogens (primary N) is 1. The van der Waals surface area contributed by atoms with Crippen molar-refractivity contribution in [1.29, 1.82) is 0 Å². The Labute approximate surface area is 126 Å². The van der Waals surface area contributed by atoms with Gasteiger partial charge in [0.15, 0.2) is 5.96 Å². The van der Waals surface area contributed by atoms with Crippen LogP contribution in [0.5, 0.6) is 0 Å². The maximum Gasteiger partial charge on any atom is 0.191 e. The highest BCUT2D eigenvalue weighted by molar-refractivity contribution is 5.80. The van der Waals surface area contributed by atoms with E-state index in [9.17, 15) is 4.39 Å². The number of aryl methyl sites for hydroxylation is 1. The van der Waals surface area contributed by atoms with Crippen LogP contribution in [-0.4, -0.2) is 48.5 Å². The molecule has 4 nitrogen and oxygen atoms in total. The number of halogens is 1. The van der Waals surface area contributed by atoms with Crippen LogP contribution in [0.25, 0.3) is 0 Å². The number of hydrogen-bond donors (Lipinski definition) is 1. The molecule has 2 rings (SSSR count). The summed E-state index contributed by atoms with van der Waals surface area (Å²) in [6, 6.07) is 5.07. The number of guanidine groups is 1. The summed E-state index contributed by atoms with van der Waals surface area (Å²) in [5, 5.41) is 0. The molecular formula is C16H25FN4. The maximum atomic E-state index is 13.3. The molecular weight excluding hydrogens is 267 g/mol. The van der Waals surface area contributed by atoms with Crippen LogP contribution in [0.15, 0.2) is 23.2 Å². The van der Waals surface area contributed by atoms with Crippen molar-refractivity contribution in [2.24, 2.45) is 10.7 Å². The highest BCUT2D eigenvalue weighted by Gasteiger charge is 2.28. The molecule has 1 aliphatic heterocycles. The second-order valence-electron chi connectivity index (χ2n) is 5.44. The van der Waals surface area contributed by atoms with Crippen molar-refractivity contribution in [3.63, 3.8) is 0 Å². The molecule has 0 saturated heterocycles. The Morgan fingerprint density at radius 3 is 2.71 bits per heavy atom. The van der Waals surface area contributed by atoms with Gasteiger partial charge in [-0.25, -0.2) is 4.39 Å². The second kappa shape index (κ2) is 6.89. The molecule has 5 heteroatoms. The van der Waals surface area contributed by atoms with Crippen molar-refractivity contribution in [3.8, 4) is 0 Å². The largest absolute Gasteiger partial charge is 0.370 e. The molecule has 21 heavy (non-hydrogen) atoms. The fraction of sp³-hybridized carbons (Fsp3) is 0.562. The summed E-state index contributed by atoms with van der Waals surface area (Å²) in [7, 11) is 0. The summed E-state index contributed by atoms with van der Waals surface area (Å²) >= 11 is 0. The average molecular weight is 292 g/mol. The van der Waals surface area contributed by atoms with Crippen molar-refractivity contribution in [2.75, 3.05) is 32.7 Å². The van der Waals surface area contributed by atoms with Gasteiger partial charge in [-0.1, -0.05) is 19.9 Å². The van der Waals surface area contributed by atoms with Crippen LogP contribution in [0.1, 0.15) is 31.0 Å². The fourth-order valence-electron chi connectivity index (χ4n) is 2.87. The molecule has 0 amide bonds. The first-order chi connectivity index (χ1) is 10.1. The number of aliphatic imine (C=N–C) groups is 1. The van der Waals surface area contributed by atoms with Gasteiger partial charge >= 0.3 is 0 Å². The molecule has 2 N–H and O–H groups in total. The summed E-state index contributed by atoms with van der Waals surface area (Å²) in [4.78, 5) is 8.88. The van der Waals surface area contributed by atoms with E-state index in [1.165, 1.54) is 6.07 Å². The molecule has 1 heterocycles. The van der Waals surface area contributed by atoms with Crippen molar-refractivity contribution < 1.29 is 4.39 Å². The van der Waals surface area contributed by atoms with Crippen molar-refractivity contribution in [3.05, 3.63) is 35.1 Å². The molecule has 1 unspecified atom stereocenters. The Bertz CT molecular complexity index is 511. The number of nitrogens with zero attached hydrogens (tertiary/aromatic N) is 3. The van der Waals surface area contributed by atoms with Gasteiger partial charge in [0.05, 0.1) is 12.6 Å². The Hall–Kier alpha value is -1.62. The molecule has 0 aromatic heterocycles. The zero-order chi connectivity index (χ0) is 15.4. The predicted molar refractivity (Wildman–Crippen MR) is 84.9 cm³/mol. The van der Waals surface area contributed by atoms with Gasteiger partial charge in [0.2, 0.25) is 0 Å². The van der Waals surface area contributed by atoms with Crippen molar-refractivity contribution in [1.82, 2.24) is 9.80 Å². The standard InChI is InChI=1S/C16H25FN4/c1-4-20(5-2)8-9-21-15(11-19-16(21)18)14-7-6-13(17)10-12(14)3/h6-7,10,15H,4-5,8-9,11H2,1-3H3,(H2,18,19). The molecule has 116 valence electrons. The third-order valence-electron chi connectivity index (χ3n) is 4.24. The zero-order valence-electron chi connectivity index (χ0n) is 13.1. The molecule has 0 aliphatic carbocycles. The Morgan fingerprint density at radius 2 is 2.10 bits per heavy atom. The quantitative estimate of drug-likeness (QED) is 0.874. The second-order valence-corrected chi connectivity index (χ2v) is 5.44. The minimum absolute atomic E-state index is 0.126. The van der Waals surface area contributed by atoms with Crippen molar-refractivity contribution in [2.45, 2.75) is 26.8 Å². The van der Waals surface area contributed by atoms with Gasteiger partial charge in [-0.15, -0.1) is 0 Å². The first-order valence-corrected chi connectivity index (χ1v) is 7.61. The number of hydrogen-bond acceptors (Lipinski definition) is 4. The molecule has 1 aliphatic rings. The third-order valence-corrected chi connectivity index (χ3v) is 4.24. The topological polar surface area (TPSA) is 44.9 Å². The van der Waals surface area contributed by atoms with Gasteiger partial charge < -0.3 is 15.5 Å². The smallest absolute Gasteiger partial charge is 0.191 e. The van der Waals surface area contributed by atoms with Crippen LogP contribution in [0.4, 0.5) is 4.39 Å². The fourth-order valence-corrected chi connectivity index (χ4v) is 2.87. The highest BCUT2D eigenvalue weighted by Crippen LogP contribution is 2.28. The molecule has 1 atom stereocenters. The van der Waals surface area contributed by atoms with Crippen LogP contribution < -0.4 is 5.73 Å². The molecule has 0 radical (unpaired) electrons. The number of likely N-dealkylation sites (N-methyl/N-ethyl adjacent to an activating group) is 1. The summed E-state index contributed by atoms with van der Waals surface area (Å²) in [6.07, 6.45) is 0. The summed E-state index contributed by atoms with van der Waals surface area (Å²) in [5.41, 5.74) is 8.11. The number of rotatable bonds is 6. The van der Waals surface area contributed by atoms with Gasteiger partial charge in [-0.05, 0) is 43.3 Å². The molecule has 1 aromatic rings. The van der Waals surface area contributed by atoms with E-state index in [4.69, 9.17) is 5.73 Å². The predicted octanol–water partition coefficient (Wildman–Crippen LogP) is 2.15. The van der Waals surface area contributed by atoms with Crippen molar-refractivity contribution >= 4 is 5.96 Å². The van der Waals surface area contributed by atoms with Crippen LogP contribution in [0.3, 0.4) is 0 Å². The average Bonchev–Trinajstić information content (AvgIpc) is 2.81. The lowest BCUT2D eigenvalue weighted by molar-refractivity contribution is 0.248. The SMILES string of the molecule is CCN(CC)CCN1C(N)=NCC1c1ccc(F)cc1C. The first kappa shape index (κ1) is 15.8. The van der Waals surface area contributed by atoms with Crippen LogP contribution >= 0.6 is 0 Å². The number of benzene rings is 1. The van der Waals surface area contributed by atoms with Gasteiger partial charge in [-0.2, -0.15) is 0 Å². The summed E-state index contributed by atoms with van der Waals surface area (Å²) in [5.74, 6) is 0.397. The van der Waals surface area contributed by atoms with Crippen LogP contribution in [0, 0.1) is 12.7 Å². The molecule has 0 spiro atoms. The van der Waals surface area contributed by atoms with Gasteiger partial charge in [-0.3, -0.25) is 4.99 Å². The first-order valence-electron chi connectivity index (χ1n) is 7.61. The monoisotopic (exact) mass is 292 g/mol. The van der Waals surface area contributed by atoms with Gasteiger partial charge in [0.25, 0.3) is 0 Å². The molecule has 0 bridgehead atoms. The van der Waals surface area contributed by atoms with Gasteiger partial charge in [0, 0.05) is 13.1 Å². The molecule has 1 aromatic carbocycles. The Balaban J connectivity index is 2.12. The lowest BCUT2D eigenvalue weighted by Gasteiger charge is -2.30. The van der Waals surface area contributed by atoms with E-state index in [-0.39, 0.29) is 11.9 Å². The third kappa shape index (κ3) is 3.53. The normalized spacial score (nSPS) is 18.4. The van der Waals surface area contributed by atoms with Crippen LogP contribution in [-0.2, 0) is 0 Å². The zero-order valence-corrected chi connectivity index (χ0v) is 13.1. The lowest BCUT2D eigenvalue weighted by atomic mass is 10.0. The highest BCUT2D eigenvalue weighted by atomic mass is 19.1. The lowest BCUT2D eigenvalue weighted by Crippen LogP contribution is -2.41. The molecule has 0 fully saturated rings. The van der Waals surface area contributed by atoms with E-state index in [1.807, 2.05) is 13.0 Å². The maximum absolute atomic E-state index is 13.3. The molecule has 0 saturated carbocycles. The van der Waals surface area contributed by atoms with E-state index in [1.54, 1.807) is 6.07 Å². The van der Waals surface area contributed by atoms with E-state index in [2.05, 4.69) is 28.6 Å². The van der Waals surface area contributed by atoms with E-state index >= 15 is 0 Å². The van der Waals surface area contributed by atoms with E-state index in [0.29, 0.717) is 12.5 Å². The van der Waals surface area contributed by atoms with Crippen LogP contribution in [0.2, 0.25) is 0 Å². The van der Waals surface area contributed by atoms with Gasteiger partial charge in [0.1, 0.15) is 5.82 Å². The summed E-state index contributed by atoms with van der Waals surface area (Å²) in [6.45, 7) is 10.8. The Morgan fingerprint density at radius 1 is 1.38 bits per heavy atom. The minimum atomic E-state index is -0.196. The Kier molecular flexibility index (Phi) is 5.17. The minimum Gasteiger partial charge on any atom is -0.370 e.